The van der Waals surface area contributed by atoms with Crippen LogP contribution in [0.15, 0.2) is 55.0 Å². The molecule has 3 aromatic rings. The van der Waals surface area contributed by atoms with E-state index in [1.807, 2.05) is 27.6 Å². The van der Waals surface area contributed by atoms with Gasteiger partial charge in [0, 0.05) is 43.6 Å². The quantitative estimate of drug-likeness (QED) is 0.732. The minimum Gasteiger partial charge on any atom is -0.349 e. The van der Waals surface area contributed by atoms with Crippen LogP contribution in [-0.2, 0) is 17.8 Å². The molecule has 0 unspecified atom stereocenters. The minimum atomic E-state index is -0.0620. The first-order chi connectivity index (χ1) is 14.7. The minimum absolute atomic E-state index is 0.0620. The molecule has 1 N–H and O–H groups in total. The third kappa shape index (κ3) is 3.70. The van der Waals surface area contributed by atoms with E-state index in [0.717, 1.165) is 50.8 Å². The first-order valence-corrected chi connectivity index (χ1v) is 10.8. The maximum absolute atomic E-state index is 13.0. The molecule has 0 spiro atoms. The molecule has 0 radical (unpaired) electrons. The zero-order valence-corrected chi connectivity index (χ0v) is 17.0. The van der Waals surface area contributed by atoms with Crippen LogP contribution in [0, 0.1) is 5.92 Å². The molecular weight excluding hydrogens is 376 g/mol. The van der Waals surface area contributed by atoms with Crippen molar-refractivity contribution in [3.05, 3.63) is 71.7 Å². The van der Waals surface area contributed by atoms with Gasteiger partial charge in [-0.25, -0.2) is 4.98 Å². The summed E-state index contributed by atoms with van der Waals surface area (Å²) in [5.74, 6) is 0.290. The van der Waals surface area contributed by atoms with Crippen molar-refractivity contribution in [2.45, 2.75) is 44.7 Å². The Morgan fingerprint density at radius 1 is 1.00 bits per heavy atom. The smallest absolute Gasteiger partial charge is 0.252 e. The Balaban J connectivity index is 1.15. The van der Waals surface area contributed by atoms with Crippen molar-refractivity contribution in [2.24, 2.45) is 5.92 Å². The van der Waals surface area contributed by atoms with Gasteiger partial charge in [-0.3, -0.25) is 9.59 Å². The Labute approximate surface area is 175 Å². The van der Waals surface area contributed by atoms with Gasteiger partial charge < -0.3 is 14.6 Å². The van der Waals surface area contributed by atoms with E-state index in [2.05, 4.69) is 28.5 Å². The third-order valence-corrected chi connectivity index (χ3v) is 6.50. The Morgan fingerprint density at radius 3 is 2.63 bits per heavy atom. The summed E-state index contributed by atoms with van der Waals surface area (Å²) in [6, 6.07) is 12.2. The average molecular weight is 402 g/mol. The van der Waals surface area contributed by atoms with E-state index >= 15 is 0 Å². The van der Waals surface area contributed by atoms with Gasteiger partial charge in [0.05, 0.1) is 5.56 Å². The summed E-state index contributed by atoms with van der Waals surface area (Å²) in [4.78, 5) is 31.9. The second-order valence-corrected chi connectivity index (χ2v) is 8.41. The second-order valence-electron chi connectivity index (χ2n) is 8.41. The van der Waals surface area contributed by atoms with Crippen LogP contribution in [-0.4, -0.2) is 38.7 Å². The van der Waals surface area contributed by atoms with Gasteiger partial charge in [0.1, 0.15) is 5.65 Å². The largest absolute Gasteiger partial charge is 0.349 e. The lowest BCUT2D eigenvalue weighted by Gasteiger charge is -2.35. The van der Waals surface area contributed by atoms with E-state index < -0.39 is 0 Å². The molecule has 0 atom stereocenters. The predicted octanol–water partition coefficient (Wildman–Crippen LogP) is 3.21. The van der Waals surface area contributed by atoms with E-state index in [1.165, 1.54) is 11.1 Å². The molecule has 5 rings (SSSR count). The average Bonchev–Trinajstić information content (AvgIpc) is 3.27. The molecule has 30 heavy (non-hydrogen) atoms. The van der Waals surface area contributed by atoms with Crippen LogP contribution in [0.1, 0.15) is 47.2 Å². The molecule has 6 nitrogen and oxygen atoms in total. The lowest BCUT2D eigenvalue weighted by atomic mass is 9.84. The molecule has 0 bridgehead atoms. The van der Waals surface area contributed by atoms with E-state index in [4.69, 9.17) is 0 Å². The number of carbonyl (C=O) groups is 2. The Kier molecular flexibility index (Phi) is 4.99. The summed E-state index contributed by atoms with van der Waals surface area (Å²) in [7, 11) is 0. The lowest BCUT2D eigenvalue weighted by molar-refractivity contribution is -0.137. The highest BCUT2D eigenvalue weighted by atomic mass is 16.2. The second kappa shape index (κ2) is 7.94. The van der Waals surface area contributed by atoms with Crippen LogP contribution in [0.25, 0.3) is 5.65 Å². The summed E-state index contributed by atoms with van der Waals surface area (Å²) in [6.45, 7) is 1.53. The molecule has 1 aliphatic heterocycles. The molecule has 2 amide bonds. The number of rotatable bonds is 3. The van der Waals surface area contributed by atoms with Gasteiger partial charge in [-0.1, -0.05) is 24.3 Å². The van der Waals surface area contributed by atoms with Crippen LogP contribution in [0.2, 0.25) is 0 Å². The SMILES string of the molecule is O=C(NC1CCC(C(=O)N2CCc3ccccc3C2)CC1)c1ccc2nccn2c1. The van der Waals surface area contributed by atoms with Crippen LogP contribution >= 0.6 is 0 Å². The number of imidazole rings is 1. The first-order valence-electron chi connectivity index (χ1n) is 10.8. The molecule has 2 aliphatic rings. The fourth-order valence-corrected chi connectivity index (χ4v) is 4.75. The van der Waals surface area contributed by atoms with Crippen molar-refractivity contribution >= 4 is 17.5 Å². The van der Waals surface area contributed by atoms with Crippen molar-refractivity contribution < 1.29 is 9.59 Å². The zero-order valence-electron chi connectivity index (χ0n) is 17.0. The Morgan fingerprint density at radius 2 is 1.80 bits per heavy atom. The van der Waals surface area contributed by atoms with Gasteiger partial charge in [0.25, 0.3) is 5.91 Å². The van der Waals surface area contributed by atoms with E-state index in [1.54, 1.807) is 18.5 Å². The summed E-state index contributed by atoms with van der Waals surface area (Å²) in [5.41, 5.74) is 4.09. The monoisotopic (exact) mass is 402 g/mol. The van der Waals surface area contributed by atoms with E-state index in [9.17, 15) is 9.59 Å². The van der Waals surface area contributed by atoms with Gasteiger partial charge in [-0.05, 0) is 55.4 Å². The third-order valence-electron chi connectivity index (χ3n) is 6.50. The molecule has 3 heterocycles. The topological polar surface area (TPSA) is 66.7 Å². The lowest BCUT2D eigenvalue weighted by Crippen LogP contribution is -2.43. The number of fused-ring (bicyclic) bond motifs is 2. The molecule has 2 aromatic heterocycles. The predicted molar refractivity (Wildman–Crippen MR) is 114 cm³/mol. The van der Waals surface area contributed by atoms with Crippen molar-refractivity contribution in [2.75, 3.05) is 6.54 Å². The Bertz CT molecular complexity index is 1080. The number of hydrogen-bond acceptors (Lipinski definition) is 3. The first kappa shape index (κ1) is 18.9. The maximum atomic E-state index is 13.0. The van der Waals surface area contributed by atoms with Gasteiger partial charge in [0.2, 0.25) is 5.91 Å². The highest BCUT2D eigenvalue weighted by Crippen LogP contribution is 2.28. The number of aromatic nitrogens is 2. The van der Waals surface area contributed by atoms with Crippen molar-refractivity contribution in [1.82, 2.24) is 19.6 Å². The summed E-state index contributed by atoms with van der Waals surface area (Å²) >= 11 is 0. The van der Waals surface area contributed by atoms with Gasteiger partial charge in [-0.15, -0.1) is 0 Å². The molecule has 0 saturated heterocycles. The van der Waals surface area contributed by atoms with E-state index in [-0.39, 0.29) is 23.8 Å². The van der Waals surface area contributed by atoms with Crippen molar-refractivity contribution in [3.63, 3.8) is 0 Å². The fraction of sp³-hybridized carbons (Fsp3) is 0.375. The Hall–Kier alpha value is -3.15. The highest BCUT2D eigenvalue weighted by molar-refractivity contribution is 5.94. The molecular formula is C24H26N4O2. The number of amides is 2. The number of nitrogens with zero attached hydrogens (tertiary/aromatic N) is 3. The molecule has 1 saturated carbocycles. The van der Waals surface area contributed by atoms with Crippen molar-refractivity contribution in [3.8, 4) is 0 Å². The normalized spacial score (nSPS) is 21.3. The number of pyridine rings is 1. The van der Waals surface area contributed by atoms with Gasteiger partial charge in [-0.2, -0.15) is 0 Å². The molecule has 1 aliphatic carbocycles. The molecule has 6 heteroatoms. The van der Waals surface area contributed by atoms with Crippen molar-refractivity contribution in [1.29, 1.82) is 0 Å². The molecule has 1 aromatic carbocycles. The summed E-state index contributed by atoms with van der Waals surface area (Å²) in [6.07, 6.45) is 9.67. The number of benzene rings is 1. The summed E-state index contributed by atoms with van der Waals surface area (Å²) < 4.78 is 1.85. The zero-order chi connectivity index (χ0) is 20.5. The highest BCUT2D eigenvalue weighted by Gasteiger charge is 2.31. The van der Waals surface area contributed by atoms with Gasteiger partial charge >= 0.3 is 0 Å². The van der Waals surface area contributed by atoms with Crippen LogP contribution in [0.4, 0.5) is 0 Å². The summed E-state index contributed by atoms with van der Waals surface area (Å²) in [5, 5.41) is 3.15. The molecule has 1 fully saturated rings. The number of nitrogens with one attached hydrogen (secondary N) is 1. The van der Waals surface area contributed by atoms with Crippen LogP contribution in [0.3, 0.4) is 0 Å². The number of hydrogen-bond donors (Lipinski definition) is 1. The van der Waals surface area contributed by atoms with E-state index in [0.29, 0.717) is 5.56 Å². The van der Waals surface area contributed by atoms with Crippen LogP contribution in [0.5, 0.6) is 0 Å². The van der Waals surface area contributed by atoms with Crippen LogP contribution < -0.4 is 5.32 Å². The standard InChI is InChI=1S/C24H26N4O2/c29-23(20-7-10-22-25-12-14-27(22)16-20)26-21-8-5-18(6-9-21)24(30)28-13-11-17-3-1-2-4-19(17)15-28/h1-4,7,10,12,14,16,18,21H,5-6,8-9,11,13,15H2,(H,26,29). The maximum Gasteiger partial charge on any atom is 0.252 e. The molecule has 154 valence electrons. The van der Waals surface area contributed by atoms with Gasteiger partial charge in [0.15, 0.2) is 0 Å². The fourth-order valence-electron chi connectivity index (χ4n) is 4.75. The number of carbonyl (C=O) groups excluding carboxylic acids is 2.